The van der Waals surface area contributed by atoms with Gasteiger partial charge in [0.15, 0.2) is 0 Å². The summed E-state index contributed by atoms with van der Waals surface area (Å²) in [4.78, 5) is 37.8. The molecule has 2 heterocycles. The summed E-state index contributed by atoms with van der Waals surface area (Å²) >= 11 is 0. The molecule has 0 unspecified atom stereocenters. The third kappa shape index (κ3) is 6.29. The topological polar surface area (TPSA) is 102 Å². The van der Waals surface area contributed by atoms with E-state index >= 15 is 0 Å². The van der Waals surface area contributed by atoms with Crippen molar-refractivity contribution in [1.29, 1.82) is 0 Å². The van der Waals surface area contributed by atoms with E-state index in [2.05, 4.69) is 30.8 Å². The summed E-state index contributed by atoms with van der Waals surface area (Å²) in [5.74, 6) is 0.242. The molecule has 1 saturated heterocycles. The fourth-order valence-electron chi connectivity index (χ4n) is 4.33. The molecule has 1 aliphatic heterocycles. The number of hydrogen-bond acceptors (Lipinski definition) is 6. The van der Waals surface area contributed by atoms with Crippen LogP contribution in [0.2, 0.25) is 0 Å². The lowest BCUT2D eigenvalue weighted by Gasteiger charge is -2.32. The molecule has 0 atom stereocenters. The van der Waals surface area contributed by atoms with Crippen LogP contribution in [0.4, 0.5) is 40.8 Å². The maximum atomic E-state index is 13.1. The van der Waals surface area contributed by atoms with Gasteiger partial charge in [0.05, 0.1) is 11.1 Å². The van der Waals surface area contributed by atoms with E-state index in [1.54, 1.807) is 42.5 Å². The maximum absolute atomic E-state index is 13.1. The van der Waals surface area contributed by atoms with Gasteiger partial charge in [-0.05, 0) is 67.7 Å². The first-order chi connectivity index (χ1) is 19.2. The molecule has 206 valence electrons. The number of hydrogen-bond donors (Lipinski definition) is 3. The number of urea groups is 1. The van der Waals surface area contributed by atoms with Gasteiger partial charge in [-0.2, -0.15) is 13.2 Å². The monoisotopic (exact) mass is 549 g/mol. The van der Waals surface area contributed by atoms with Crippen LogP contribution >= 0.6 is 0 Å². The van der Waals surface area contributed by atoms with Crippen molar-refractivity contribution in [3.63, 3.8) is 0 Å². The smallest absolute Gasteiger partial charge is 0.340 e. The van der Waals surface area contributed by atoms with Crippen LogP contribution in [0.25, 0.3) is 10.9 Å². The standard InChI is InChI=1S/C28H26F3N7O2/c1-37-11-13-38(14-12-37)26(39)18-5-7-20(8-6-18)35-27(40)36-22-9-10-24-23(16-22)25(33-17-32-24)34-21-4-2-3-19(15-21)28(29,30)31/h2-10,15-17H,11-14H2,1H3,(H,32,33,34)(H2,35,36,40). The van der Waals surface area contributed by atoms with Crippen molar-refractivity contribution in [3.05, 3.63) is 84.2 Å². The number of aromatic nitrogens is 2. The third-order valence-corrected chi connectivity index (χ3v) is 6.53. The summed E-state index contributed by atoms with van der Waals surface area (Å²) in [6, 6.07) is 15.9. The average Bonchev–Trinajstić information content (AvgIpc) is 2.93. The van der Waals surface area contributed by atoms with Crippen molar-refractivity contribution in [2.24, 2.45) is 0 Å². The zero-order valence-electron chi connectivity index (χ0n) is 21.5. The van der Waals surface area contributed by atoms with Gasteiger partial charge in [-0.25, -0.2) is 14.8 Å². The second-order valence-electron chi connectivity index (χ2n) is 9.41. The highest BCUT2D eigenvalue weighted by Gasteiger charge is 2.30. The minimum absolute atomic E-state index is 0.0444. The van der Waals surface area contributed by atoms with Crippen molar-refractivity contribution in [1.82, 2.24) is 19.8 Å². The SMILES string of the molecule is CN1CCN(C(=O)c2ccc(NC(=O)Nc3ccc4ncnc(Nc5cccc(C(F)(F)F)c5)c4c3)cc2)CC1. The Kier molecular flexibility index (Phi) is 7.52. The van der Waals surface area contributed by atoms with Crippen molar-refractivity contribution in [2.45, 2.75) is 6.18 Å². The molecule has 12 heteroatoms. The Labute approximate surface area is 228 Å². The second kappa shape index (κ2) is 11.2. The lowest BCUT2D eigenvalue weighted by Crippen LogP contribution is -2.47. The Balaban J connectivity index is 1.26. The highest BCUT2D eigenvalue weighted by molar-refractivity contribution is 6.02. The largest absolute Gasteiger partial charge is 0.416 e. The number of likely N-dealkylation sites (N-methyl/N-ethyl adjacent to an activating group) is 1. The van der Waals surface area contributed by atoms with Gasteiger partial charge >= 0.3 is 12.2 Å². The summed E-state index contributed by atoms with van der Waals surface area (Å²) in [5, 5.41) is 8.87. The fraction of sp³-hybridized carbons (Fsp3) is 0.214. The Hall–Kier alpha value is -4.71. The Bertz CT molecular complexity index is 1540. The number of benzene rings is 3. The predicted molar refractivity (Wildman–Crippen MR) is 147 cm³/mol. The highest BCUT2D eigenvalue weighted by atomic mass is 19.4. The molecule has 3 aromatic carbocycles. The molecule has 1 aliphatic rings. The van der Waals surface area contributed by atoms with Crippen LogP contribution in [0.1, 0.15) is 15.9 Å². The van der Waals surface area contributed by atoms with Crippen molar-refractivity contribution in [2.75, 3.05) is 49.2 Å². The van der Waals surface area contributed by atoms with Gasteiger partial charge < -0.3 is 25.8 Å². The number of halogens is 3. The van der Waals surface area contributed by atoms with Crippen LogP contribution in [0, 0.1) is 0 Å². The van der Waals surface area contributed by atoms with Crippen molar-refractivity contribution < 1.29 is 22.8 Å². The van der Waals surface area contributed by atoms with Crippen LogP contribution in [0.3, 0.4) is 0 Å². The summed E-state index contributed by atoms with van der Waals surface area (Å²) in [5.41, 5.74) is 1.44. The Morgan fingerprint density at radius 2 is 1.52 bits per heavy atom. The van der Waals surface area contributed by atoms with E-state index in [1.807, 2.05) is 11.9 Å². The molecule has 0 bridgehead atoms. The fourth-order valence-corrected chi connectivity index (χ4v) is 4.33. The van der Waals surface area contributed by atoms with Crippen LogP contribution < -0.4 is 16.0 Å². The van der Waals surface area contributed by atoms with Gasteiger partial charge in [-0.1, -0.05) is 6.07 Å². The minimum Gasteiger partial charge on any atom is -0.340 e. The van der Waals surface area contributed by atoms with Crippen LogP contribution in [-0.4, -0.2) is 64.9 Å². The maximum Gasteiger partial charge on any atom is 0.416 e. The Morgan fingerprint density at radius 3 is 2.25 bits per heavy atom. The second-order valence-corrected chi connectivity index (χ2v) is 9.41. The molecule has 0 radical (unpaired) electrons. The van der Waals surface area contributed by atoms with Gasteiger partial charge in [0, 0.05) is 54.2 Å². The molecule has 9 nitrogen and oxygen atoms in total. The molecule has 5 rings (SSSR count). The van der Waals surface area contributed by atoms with Gasteiger partial charge in [0.25, 0.3) is 5.91 Å². The van der Waals surface area contributed by atoms with E-state index in [4.69, 9.17) is 0 Å². The van der Waals surface area contributed by atoms with E-state index in [-0.39, 0.29) is 17.4 Å². The molecule has 1 aromatic heterocycles. The zero-order valence-corrected chi connectivity index (χ0v) is 21.5. The molecular weight excluding hydrogens is 523 g/mol. The third-order valence-electron chi connectivity index (χ3n) is 6.53. The van der Waals surface area contributed by atoms with E-state index in [1.165, 1.54) is 18.5 Å². The number of carbonyl (C=O) groups is 2. The minimum atomic E-state index is -4.48. The van der Waals surface area contributed by atoms with Crippen LogP contribution in [0.5, 0.6) is 0 Å². The predicted octanol–water partition coefficient (Wildman–Crippen LogP) is 5.42. The summed E-state index contributed by atoms with van der Waals surface area (Å²) < 4.78 is 39.3. The Morgan fingerprint density at radius 1 is 0.825 bits per heavy atom. The first-order valence-corrected chi connectivity index (χ1v) is 12.5. The van der Waals surface area contributed by atoms with Gasteiger partial charge in [0.1, 0.15) is 12.1 Å². The quantitative estimate of drug-likeness (QED) is 0.307. The van der Waals surface area contributed by atoms with Gasteiger partial charge in [0.2, 0.25) is 0 Å². The molecule has 0 aliphatic carbocycles. The van der Waals surface area contributed by atoms with Crippen LogP contribution in [0.15, 0.2) is 73.1 Å². The number of alkyl halides is 3. The molecule has 3 amide bonds. The van der Waals surface area contributed by atoms with Gasteiger partial charge in [-0.3, -0.25) is 4.79 Å². The van der Waals surface area contributed by atoms with Gasteiger partial charge in [-0.15, -0.1) is 0 Å². The molecular formula is C28H26F3N7O2. The number of fused-ring (bicyclic) bond motifs is 1. The number of nitrogens with one attached hydrogen (secondary N) is 3. The molecule has 1 fully saturated rings. The van der Waals surface area contributed by atoms with Crippen molar-refractivity contribution in [3.8, 4) is 0 Å². The zero-order chi connectivity index (χ0) is 28.3. The summed E-state index contributed by atoms with van der Waals surface area (Å²) in [7, 11) is 2.02. The lowest BCUT2D eigenvalue weighted by molar-refractivity contribution is -0.137. The average molecular weight is 550 g/mol. The highest BCUT2D eigenvalue weighted by Crippen LogP contribution is 2.32. The molecule has 4 aromatic rings. The number of amides is 3. The first-order valence-electron chi connectivity index (χ1n) is 12.5. The molecule has 0 spiro atoms. The molecule has 3 N–H and O–H groups in total. The summed E-state index contributed by atoms with van der Waals surface area (Å²) in [6.45, 7) is 3.00. The number of anilines is 4. The van der Waals surface area contributed by atoms with E-state index in [0.717, 1.165) is 25.2 Å². The number of carbonyl (C=O) groups excluding carboxylic acids is 2. The first kappa shape index (κ1) is 26.9. The number of nitrogens with zero attached hydrogens (tertiary/aromatic N) is 4. The molecule has 40 heavy (non-hydrogen) atoms. The summed E-state index contributed by atoms with van der Waals surface area (Å²) in [6.07, 6.45) is -3.17. The van der Waals surface area contributed by atoms with E-state index < -0.39 is 17.8 Å². The number of rotatable bonds is 5. The van der Waals surface area contributed by atoms with E-state index in [9.17, 15) is 22.8 Å². The number of piperazine rings is 1. The van der Waals surface area contributed by atoms with Crippen molar-refractivity contribution >= 4 is 45.7 Å². The normalized spacial score (nSPS) is 14.2. The lowest BCUT2D eigenvalue weighted by atomic mass is 10.1. The van der Waals surface area contributed by atoms with E-state index in [0.29, 0.717) is 40.9 Å². The molecule has 0 saturated carbocycles. The van der Waals surface area contributed by atoms with Crippen LogP contribution in [-0.2, 0) is 6.18 Å².